The van der Waals surface area contributed by atoms with Crippen LogP contribution in [0.4, 0.5) is 0 Å². The molecule has 0 aromatic carbocycles. The standard InChI is InChI=1S/Ca.Mg.NO3.H3N/c;;2-1(3)4;/h;;;1H3/q;;-1;/p+1. The fraction of sp³-hybridized carbons (Fsp3) is 0. The first-order valence-corrected chi connectivity index (χ1v) is 0.548. The first-order valence-electron chi connectivity index (χ1n) is 0.548. The van der Waals surface area contributed by atoms with Gasteiger partial charge in [0.25, 0.3) is 0 Å². The van der Waals surface area contributed by atoms with Crippen molar-refractivity contribution in [3.8, 4) is 0 Å². The van der Waals surface area contributed by atoms with E-state index in [1.165, 1.54) is 0 Å². The third kappa shape index (κ3) is 137. The molecule has 0 rings (SSSR count). The molecule has 4 radical (unpaired) electrons. The summed E-state index contributed by atoms with van der Waals surface area (Å²) >= 11 is 0. The summed E-state index contributed by atoms with van der Waals surface area (Å²) in [4.78, 5) is 8.25. The van der Waals surface area contributed by atoms with E-state index in [2.05, 4.69) is 0 Å². The molecule has 0 spiro atoms. The van der Waals surface area contributed by atoms with Gasteiger partial charge in [0.1, 0.15) is 0 Å². The average Bonchev–Trinajstić information content (AvgIpc) is 0.811. The Morgan fingerprint density at radius 3 is 1.29 bits per heavy atom. The van der Waals surface area contributed by atoms with E-state index < -0.39 is 5.09 Å². The van der Waals surface area contributed by atoms with Crippen molar-refractivity contribution in [1.29, 1.82) is 0 Å². The van der Waals surface area contributed by atoms with E-state index in [0.29, 0.717) is 0 Å². The number of nitrogens with zero attached hydrogens (tertiary/aromatic N) is 1. The molecule has 0 saturated carbocycles. The summed E-state index contributed by atoms with van der Waals surface area (Å²) in [5.41, 5.74) is 0. The minimum Gasteiger partial charge on any atom is -0.369 e. The first kappa shape index (κ1) is 24.1. The molecule has 0 unspecified atom stereocenters. The second-order valence-corrected chi connectivity index (χ2v) is 0.224. The summed E-state index contributed by atoms with van der Waals surface area (Å²) < 4.78 is 0. The Morgan fingerprint density at radius 1 is 1.29 bits per heavy atom. The van der Waals surface area contributed by atoms with Gasteiger partial charge in [-0.15, -0.1) is 0 Å². The zero-order chi connectivity index (χ0) is 3.58. The molecule has 0 aromatic heterocycles. The number of hydrogen-bond donors (Lipinski definition) is 1. The monoisotopic (exact) mass is 144 g/mol. The number of rotatable bonds is 0. The molecule has 0 atom stereocenters. The largest absolute Gasteiger partial charge is 0.369 e. The maximum absolute atomic E-state index is 8.25. The van der Waals surface area contributed by atoms with Crippen LogP contribution in [-0.2, 0) is 0 Å². The van der Waals surface area contributed by atoms with Crippen LogP contribution in [0.1, 0.15) is 0 Å². The third-order valence-electron chi connectivity index (χ3n) is 0. The summed E-state index contributed by atoms with van der Waals surface area (Å²) in [5.74, 6) is 0. The molecule has 0 bridgehead atoms. The quantitative estimate of drug-likeness (QED) is 0.278. The predicted octanol–water partition coefficient (Wildman–Crippen LogP) is -0.625. The molecule has 7 heavy (non-hydrogen) atoms. The smallest absolute Gasteiger partial charge is 0.0689 e. The van der Waals surface area contributed by atoms with Crippen LogP contribution in [0.2, 0.25) is 0 Å². The Bertz CT molecular complexity index is 35.9. The summed E-state index contributed by atoms with van der Waals surface area (Å²) in [5, 5.41) is 14.8. The molecule has 0 heterocycles. The molecule has 0 aromatic rings. The second kappa shape index (κ2) is 15.7. The molecule has 0 aliphatic carbocycles. The van der Waals surface area contributed by atoms with Crippen molar-refractivity contribution in [1.82, 2.24) is 6.15 Å². The van der Waals surface area contributed by atoms with Gasteiger partial charge in [-0.2, -0.15) is 0 Å². The molecule has 36 valence electrons. The van der Waals surface area contributed by atoms with Crippen molar-refractivity contribution in [2.24, 2.45) is 0 Å². The fourth-order valence-corrected chi connectivity index (χ4v) is 0. The molecule has 0 aliphatic heterocycles. The maximum Gasteiger partial charge on any atom is 0.0689 e. The van der Waals surface area contributed by atoms with E-state index in [9.17, 15) is 0 Å². The van der Waals surface area contributed by atoms with E-state index >= 15 is 0 Å². The van der Waals surface area contributed by atoms with Crippen LogP contribution in [0.15, 0.2) is 0 Å². The van der Waals surface area contributed by atoms with Gasteiger partial charge in [0.15, 0.2) is 0 Å². The Hall–Kier alpha value is 1.19. The van der Waals surface area contributed by atoms with Crippen molar-refractivity contribution in [2.75, 3.05) is 0 Å². The average molecular weight is 144 g/mol. The minimum absolute atomic E-state index is 0. The van der Waals surface area contributed by atoms with Crippen molar-refractivity contribution >= 4 is 60.8 Å². The number of quaternary nitrogens is 1. The minimum atomic E-state index is -1.75. The fourth-order valence-electron chi connectivity index (χ4n) is 0. The van der Waals surface area contributed by atoms with Crippen LogP contribution in [0.25, 0.3) is 0 Å². The Labute approximate surface area is 86.3 Å². The van der Waals surface area contributed by atoms with E-state index in [1.807, 2.05) is 0 Å². The Balaban J connectivity index is -0.0000000150. The molecule has 0 aliphatic rings. The van der Waals surface area contributed by atoms with Crippen LogP contribution in [-0.4, -0.2) is 65.9 Å². The van der Waals surface area contributed by atoms with Gasteiger partial charge in [-0.3, -0.25) is 0 Å². The maximum atomic E-state index is 8.25. The van der Waals surface area contributed by atoms with Crippen molar-refractivity contribution in [3.05, 3.63) is 15.3 Å². The van der Waals surface area contributed by atoms with Crippen molar-refractivity contribution < 1.29 is 5.09 Å². The van der Waals surface area contributed by atoms with Gasteiger partial charge in [-0.1, -0.05) is 0 Å². The summed E-state index contributed by atoms with van der Waals surface area (Å²) in [6.07, 6.45) is 0. The molecule has 4 N–H and O–H groups in total. The van der Waals surface area contributed by atoms with E-state index in [1.54, 1.807) is 0 Å². The molecular formula is H4CaMgN2O3. The van der Waals surface area contributed by atoms with Crippen LogP contribution in [0.5, 0.6) is 0 Å². The zero-order valence-corrected chi connectivity index (χ0v) is 7.71. The van der Waals surface area contributed by atoms with Gasteiger partial charge in [0.05, 0.1) is 5.09 Å². The summed E-state index contributed by atoms with van der Waals surface area (Å²) in [6.45, 7) is 0. The molecule has 7 heteroatoms. The molecule has 0 fully saturated rings. The van der Waals surface area contributed by atoms with E-state index in [-0.39, 0.29) is 66.9 Å². The molecule has 0 amide bonds. The van der Waals surface area contributed by atoms with Crippen LogP contribution in [0, 0.1) is 15.3 Å². The predicted molar refractivity (Wildman–Crippen MR) is 27.9 cm³/mol. The molecule has 5 nitrogen and oxygen atoms in total. The van der Waals surface area contributed by atoms with Crippen LogP contribution in [0.3, 0.4) is 0 Å². The second-order valence-electron chi connectivity index (χ2n) is 0.224. The van der Waals surface area contributed by atoms with Crippen molar-refractivity contribution in [3.63, 3.8) is 0 Å². The normalized spacial score (nSPS) is 3.43. The van der Waals surface area contributed by atoms with Gasteiger partial charge >= 0.3 is 0 Å². The van der Waals surface area contributed by atoms with Gasteiger partial charge in [0.2, 0.25) is 0 Å². The van der Waals surface area contributed by atoms with Crippen molar-refractivity contribution in [2.45, 2.75) is 0 Å². The summed E-state index contributed by atoms with van der Waals surface area (Å²) in [7, 11) is 0. The van der Waals surface area contributed by atoms with Gasteiger partial charge in [-0.05, 0) is 0 Å². The SMILES string of the molecule is O=[N+]([O-])[O-].[Ca].[Mg].[NH4+]. The van der Waals surface area contributed by atoms with E-state index in [0.717, 1.165) is 0 Å². The van der Waals surface area contributed by atoms with Crippen LogP contribution < -0.4 is 6.15 Å². The summed E-state index contributed by atoms with van der Waals surface area (Å²) in [6, 6.07) is 0. The Morgan fingerprint density at radius 2 is 1.29 bits per heavy atom. The topological polar surface area (TPSA) is 103 Å². The third-order valence-corrected chi connectivity index (χ3v) is 0. The van der Waals surface area contributed by atoms with Crippen LogP contribution >= 0.6 is 0 Å². The molecule has 0 saturated heterocycles. The zero-order valence-electron chi connectivity index (χ0n) is 4.09. The van der Waals surface area contributed by atoms with E-state index in [4.69, 9.17) is 15.3 Å². The first-order chi connectivity index (χ1) is 1.73. The van der Waals surface area contributed by atoms with Gasteiger partial charge in [0, 0.05) is 60.8 Å². The Kier molecular flexibility index (Phi) is 54.1. The van der Waals surface area contributed by atoms with Gasteiger partial charge in [-0.25, -0.2) is 0 Å². The van der Waals surface area contributed by atoms with Gasteiger partial charge < -0.3 is 21.5 Å². The molecular weight excluding hydrogens is 140 g/mol. The number of hydrogen-bond acceptors (Lipinski definition) is 3.